The maximum atomic E-state index is 13.2. The van der Waals surface area contributed by atoms with Gasteiger partial charge in [-0.1, -0.05) is 6.07 Å². The van der Waals surface area contributed by atoms with Crippen LogP contribution in [-0.4, -0.2) is 37.1 Å². The first kappa shape index (κ1) is 16.3. The van der Waals surface area contributed by atoms with E-state index >= 15 is 0 Å². The Balaban J connectivity index is 2.02. The number of benzene rings is 1. The Labute approximate surface area is 123 Å². The molecule has 1 aliphatic rings. The van der Waals surface area contributed by atoms with Crippen LogP contribution in [0.5, 0.6) is 0 Å². The lowest BCUT2D eigenvalue weighted by molar-refractivity contribution is 0.129. The zero-order valence-electron chi connectivity index (χ0n) is 11.7. The molecule has 0 radical (unpaired) electrons. The quantitative estimate of drug-likeness (QED) is 0.884. The number of halogens is 2. The van der Waals surface area contributed by atoms with Gasteiger partial charge in [0.15, 0.2) is 21.5 Å². The molecule has 1 aromatic rings. The average molecular weight is 319 g/mol. The number of nitrogens with one attached hydrogen (secondary N) is 1. The van der Waals surface area contributed by atoms with Gasteiger partial charge in [0.05, 0.1) is 17.6 Å². The molecule has 7 heteroatoms. The largest absolute Gasteiger partial charge is 0.387 e. The lowest BCUT2D eigenvalue weighted by Crippen LogP contribution is -2.46. The van der Waals surface area contributed by atoms with Gasteiger partial charge in [0.25, 0.3) is 0 Å². The second kappa shape index (κ2) is 6.37. The molecule has 0 amide bonds. The molecule has 3 atom stereocenters. The number of rotatable bonds is 4. The Morgan fingerprint density at radius 1 is 1.33 bits per heavy atom. The maximum absolute atomic E-state index is 13.2. The first-order chi connectivity index (χ1) is 9.78. The molecular weight excluding hydrogens is 300 g/mol. The van der Waals surface area contributed by atoms with Crippen LogP contribution in [0, 0.1) is 11.6 Å². The van der Waals surface area contributed by atoms with E-state index in [0.29, 0.717) is 12.8 Å². The Hall–Kier alpha value is -1.05. The Morgan fingerprint density at radius 3 is 2.67 bits per heavy atom. The molecule has 21 heavy (non-hydrogen) atoms. The Kier molecular flexibility index (Phi) is 4.95. The van der Waals surface area contributed by atoms with Gasteiger partial charge in [-0.25, -0.2) is 17.2 Å². The highest BCUT2D eigenvalue weighted by molar-refractivity contribution is 7.91. The van der Waals surface area contributed by atoms with Gasteiger partial charge < -0.3 is 10.4 Å². The summed E-state index contributed by atoms with van der Waals surface area (Å²) in [5.41, 5.74) is 0.257. The number of aliphatic hydroxyl groups excluding tert-OH is 1. The third kappa shape index (κ3) is 4.21. The molecule has 1 aliphatic heterocycles. The molecule has 118 valence electrons. The topological polar surface area (TPSA) is 66.4 Å². The summed E-state index contributed by atoms with van der Waals surface area (Å²) < 4.78 is 49.2. The molecule has 0 spiro atoms. The minimum absolute atomic E-state index is 0.0435. The van der Waals surface area contributed by atoms with Crippen molar-refractivity contribution >= 4 is 9.84 Å². The van der Waals surface area contributed by atoms with E-state index in [1.165, 1.54) is 6.07 Å². The molecule has 0 bridgehead atoms. The molecule has 1 aromatic carbocycles. The zero-order chi connectivity index (χ0) is 15.6. The minimum Gasteiger partial charge on any atom is -0.387 e. The van der Waals surface area contributed by atoms with E-state index in [2.05, 4.69) is 5.32 Å². The summed E-state index contributed by atoms with van der Waals surface area (Å²) in [6.45, 7) is 1.69. The van der Waals surface area contributed by atoms with Crippen molar-refractivity contribution in [3.8, 4) is 0 Å². The van der Waals surface area contributed by atoms with Crippen molar-refractivity contribution in [3.63, 3.8) is 0 Å². The molecule has 2 rings (SSSR count). The molecule has 1 heterocycles. The van der Waals surface area contributed by atoms with Crippen molar-refractivity contribution in [2.75, 3.05) is 11.5 Å². The summed E-state index contributed by atoms with van der Waals surface area (Å²) in [5, 5.41) is 13.2. The van der Waals surface area contributed by atoms with Gasteiger partial charge in [0, 0.05) is 12.1 Å². The van der Waals surface area contributed by atoms with Crippen molar-refractivity contribution in [1.29, 1.82) is 0 Å². The van der Waals surface area contributed by atoms with Crippen LogP contribution in [0.4, 0.5) is 8.78 Å². The highest BCUT2D eigenvalue weighted by Gasteiger charge is 2.27. The van der Waals surface area contributed by atoms with Crippen molar-refractivity contribution in [1.82, 2.24) is 5.32 Å². The van der Waals surface area contributed by atoms with Crippen LogP contribution in [0.25, 0.3) is 0 Å². The van der Waals surface area contributed by atoms with Crippen LogP contribution < -0.4 is 5.32 Å². The van der Waals surface area contributed by atoms with Gasteiger partial charge in [-0.05, 0) is 37.5 Å². The first-order valence-electron chi connectivity index (χ1n) is 6.88. The summed E-state index contributed by atoms with van der Waals surface area (Å²) in [6, 6.07) is 2.55. The number of sulfone groups is 1. The normalized spacial score (nSPS) is 24.5. The standard InChI is InChI=1S/C14H19F2NO3S/c1-9(17-11-3-2-6-21(19,20)8-11)14(18)10-4-5-12(15)13(16)7-10/h4-5,7,9,11,14,17-18H,2-3,6,8H2,1H3. The third-order valence-electron chi connectivity index (χ3n) is 3.72. The number of hydrogen-bond acceptors (Lipinski definition) is 4. The molecule has 4 nitrogen and oxygen atoms in total. The highest BCUT2D eigenvalue weighted by atomic mass is 32.2. The van der Waals surface area contributed by atoms with Crippen LogP contribution >= 0.6 is 0 Å². The SMILES string of the molecule is CC(NC1CCCS(=O)(=O)C1)C(O)c1ccc(F)c(F)c1. The lowest BCUT2D eigenvalue weighted by Gasteiger charge is -2.29. The molecule has 1 saturated heterocycles. The van der Waals surface area contributed by atoms with Crippen LogP contribution in [-0.2, 0) is 9.84 Å². The summed E-state index contributed by atoms with van der Waals surface area (Å²) in [6.07, 6.45) is 0.270. The summed E-state index contributed by atoms with van der Waals surface area (Å²) >= 11 is 0. The third-order valence-corrected chi connectivity index (χ3v) is 5.54. The fraction of sp³-hybridized carbons (Fsp3) is 0.571. The van der Waals surface area contributed by atoms with E-state index in [-0.39, 0.29) is 23.1 Å². The second-order valence-corrected chi connectivity index (χ2v) is 7.76. The van der Waals surface area contributed by atoms with Gasteiger partial charge in [0.1, 0.15) is 0 Å². The molecule has 0 saturated carbocycles. The molecule has 2 N–H and O–H groups in total. The fourth-order valence-electron chi connectivity index (χ4n) is 2.60. The predicted octanol–water partition coefficient (Wildman–Crippen LogP) is 1.55. The smallest absolute Gasteiger partial charge is 0.159 e. The van der Waals surface area contributed by atoms with Gasteiger partial charge in [-0.3, -0.25) is 0 Å². The van der Waals surface area contributed by atoms with E-state index in [4.69, 9.17) is 0 Å². The van der Waals surface area contributed by atoms with Gasteiger partial charge in [0.2, 0.25) is 0 Å². The maximum Gasteiger partial charge on any atom is 0.159 e. The number of aliphatic hydroxyl groups is 1. The Bertz CT molecular complexity index is 606. The second-order valence-electron chi connectivity index (χ2n) is 5.53. The first-order valence-corrected chi connectivity index (χ1v) is 8.70. The molecule has 1 fully saturated rings. The molecule has 0 aliphatic carbocycles. The van der Waals surface area contributed by atoms with Crippen molar-refractivity contribution < 1.29 is 22.3 Å². The van der Waals surface area contributed by atoms with E-state index in [1.54, 1.807) is 6.92 Å². The molecule has 0 aromatic heterocycles. The van der Waals surface area contributed by atoms with E-state index in [1.807, 2.05) is 0 Å². The summed E-state index contributed by atoms with van der Waals surface area (Å²) in [4.78, 5) is 0. The molecular formula is C14H19F2NO3S. The summed E-state index contributed by atoms with van der Waals surface area (Å²) in [7, 11) is -3.03. The van der Waals surface area contributed by atoms with Crippen LogP contribution in [0.3, 0.4) is 0 Å². The predicted molar refractivity (Wildman–Crippen MR) is 75.6 cm³/mol. The van der Waals surface area contributed by atoms with E-state index in [0.717, 1.165) is 12.1 Å². The fourth-order valence-corrected chi connectivity index (χ4v) is 4.25. The van der Waals surface area contributed by atoms with Gasteiger partial charge in [-0.2, -0.15) is 0 Å². The van der Waals surface area contributed by atoms with Crippen molar-refractivity contribution in [2.45, 2.75) is 38.0 Å². The van der Waals surface area contributed by atoms with Crippen molar-refractivity contribution in [3.05, 3.63) is 35.4 Å². The average Bonchev–Trinajstić information content (AvgIpc) is 2.40. The minimum atomic E-state index is -3.03. The number of hydrogen-bond donors (Lipinski definition) is 2. The Morgan fingerprint density at radius 2 is 2.05 bits per heavy atom. The van der Waals surface area contributed by atoms with Crippen molar-refractivity contribution in [2.24, 2.45) is 0 Å². The summed E-state index contributed by atoms with van der Waals surface area (Å²) in [5.74, 6) is -1.74. The van der Waals surface area contributed by atoms with Crippen LogP contribution in [0.1, 0.15) is 31.4 Å². The zero-order valence-corrected chi connectivity index (χ0v) is 12.5. The van der Waals surface area contributed by atoms with Crippen LogP contribution in [0.2, 0.25) is 0 Å². The van der Waals surface area contributed by atoms with E-state index in [9.17, 15) is 22.3 Å². The monoisotopic (exact) mass is 319 g/mol. The highest BCUT2D eigenvalue weighted by Crippen LogP contribution is 2.21. The van der Waals surface area contributed by atoms with Gasteiger partial charge >= 0.3 is 0 Å². The molecule has 3 unspecified atom stereocenters. The lowest BCUT2D eigenvalue weighted by atomic mass is 10.0. The van der Waals surface area contributed by atoms with Gasteiger partial charge in [-0.15, -0.1) is 0 Å². The van der Waals surface area contributed by atoms with E-state index < -0.39 is 33.6 Å². The van der Waals surface area contributed by atoms with Crippen LogP contribution in [0.15, 0.2) is 18.2 Å².